The van der Waals surface area contributed by atoms with E-state index in [2.05, 4.69) is 15.4 Å². The zero-order chi connectivity index (χ0) is 16.9. The first kappa shape index (κ1) is 15.9. The van der Waals surface area contributed by atoms with Crippen molar-refractivity contribution < 1.29 is 9.18 Å². The molecule has 0 aliphatic rings. The van der Waals surface area contributed by atoms with Crippen LogP contribution in [0, 0.1) is 5.82 Å². The fraction of sp³-hybridized carbons (Fsp3) is 0.167. The molecule has 0 saturated carbocycles. The summed E-state index contributed by atoms with van der Waals surface area (Å²) < 4.78 is 14.6. The standard InChI is InChI=1S/C18H17FN4O/c1-2-14-11-15(7-9-20-14)21-18(24)12-16-8-10-23(22-16)17-5-3-13(19)4-6-17/h3-11H,2,12H2,1H3,(H,20,21,24). The Morgan fingerprint density at radius 3 is 2.71 bits per heavy atom. The van der Waals surface area contributed by atoms with Crippen LogP contribution in [0.3, 0.4) is 0 Å². The van der Waals surface area contributed by atoms with Gasteiger partial charge in [0.25, 0.3) is 0 Å². The molecule has 3 rings (SSSR count). The SMILES string of the molecule is CCc1cc(NC(=O)Cc2ccn(-c3ccc(F)cc3)n2)ccn1. The summed E-state index contributed by atoms with van der Waals surface area (Å²) in [7, 11) is 0. The van der Waals surface area contributed by atoms with Gasteiger partial charge in [0.2, 0.25) is 5.91 Å². The highest BCUT2D eigenvalue weighted by Gasteiger charge is 2.08. The van der Waals surface area contributed by atoms with Crippen molar-refractivity contribution in [3.63, 3.8) is 0 Å². The Labute approximate surface area is 139 Å². The Morgan fingerprint density at radius 1 is 1.17 bits per heavy atom. The average molecular weight is 324 g/mol. The van der Waals surface area contributed by atoms with Crippen LogP contribution in [0.25, 0.3) is 5.69 Å². The molecule has 3 aromatic rings. The lowest BCUT2D eigenvalue weighted by atomic mass is 10.2. The number of carbonyl (C=O) groups is 1. The highest BCUT2D eigenvalue weighted by Crippen LogP contribution is 2.11. The molecule has 0 aliphatic heterocycles. The van der Waals surface area contributed by atoms with Crippen molar-refractivity contribution in [2.45, 2.75) is 19.8 Å². The largest absolute Gasteiger partial charge is 0.326 e. The number of anilines is 1. The summed E-state index contributed by atoms with van der Waals surface area (Å²) in [4.78, 5) is 16.3. The lowest BCUT2D eigenvalue weighted by Gasteiger charge is -2.05. The van der Waals surface area contributed by atoms with Gasteiger partial charge in [0.1, 0.15) is 5.82 Å². The number of halogens is 1. The molecule has 2 aromatic heterocycles. The Hall–Kier alpha value is -3.02. The average Bonchev–Trinajstić information content (AvgIpc) is 3.04. The van der Waals surface area contributed by atoms with Gasteiger partial charge in [0.15, 0.2) is 0 Å². The van der Waals surface area contributed by atoms with Crippen molar-refractivity contribution in [1.29, 1.82) is 0 Å². The van der Waals surface area contributed by atoms with Crippen molar-refractivity contribution in [1.82, 2.24) is 14.8 Å². The number of benzene rings is 1. The Balaban J connectivity index is 1.65. The zero-order valence-corrected chi connectivity index (χ0v) is 13.2. The van der Waals surface area contributed by atoms with Crippen LogP contribution in [-0.2, 0) is 17.6 Å². The molecule has 122 valence electrons. The fourth-order valence-electron chi connectivity index (χ4n) is 2.31. The molecule has 1 N–H and O–H groups in total. The number of amides is 1. The van der Waals surface area contributed by atoms with Crippen LogP contribution < -0.4 is 5.32 Å². The second-order valence-electron chi connectivity index (χ2n) is 5.34. The molecular formula is C18H17FN4O. The number of rotatable bonds is 5. The number of hydrogen-bond acceptors (Lipinski definition) is 3. The maximum atomic E-state index is 13.0. The van der Waals surface area contributed by atoms with E-state index in [4.69, 9.17) is 0 Å². The van der Waals surface area contributed by atoms with E-state index in [0.29, 0.717) is 5.69 Å². The van der Waals surface area contributed by atoms with Gasteiger partial charge in [0, 0.05) is 23.8 Å². The van der Waals surface area contributed by atoms with Gasteiger partial charge < -0.3 is 5.32 Å². The Morgan fingerprint density at radius 2 is 1.96 bits per heavy atom. The Bertz CT molecular complexity index is 842. The van der Waals surface area contributed by atoms with Gasteiger partial charge in [0.05, 0.1) is 17.8 Å². The lowest BCUT2D eigenvalue weighted by Crippen LogP contribution is -2.15. The smallest absolute Gasteiger partial charge is 0.230 e. The lowest BCUT2D eigenvalue weighted by molar-refractivity contribution is -0.115. The van der Waals surface area contributed by atoms with Crippen molar-refractivity contribution in [3.8, 4) is 5.69 Å². The number of pyridine rings is 1. The first-order valence-corrected chi connectivity index (χ1v) is 7.69. The van der Waals surface area contributed by atoms with Gasteiger partial charge in [-0.3, -0.25) is 9.78 Å². The van der Waals surface area contributed by atoms with E-state index < -0.39 is 0 Å². The predicted octanol–water partition coefficient (Wildman–Crippen LogP) is 3.15. The molecule has 0 radical (unpaired) electrons. The molecule has 0 fully saturated rings. The normalized spacial score (nSPS) is 10.6. The van der Waals surface area contributed by atoms with Gasteiger partial charge in [-0.2, -0.15) is 5.10 Å². The van der Waals surface area contributed by atoms with E-state index in [1.807, 2.05) is 13.0 Å². The topological polar surface area (TPSA) is 59.8 Å². The number of hydrogen-bond donors (Lipinski definition) is 1. The molecule has 1 aromatic carbocycles. The highest BCUT2D eigenvalue weighted by molar-refractivity contribution is 5.91. The predicted molar refractivity (Wildman–Crippen MR) is 89.5 cm³/mol. The number of nitrogens with one attached hydrogen (secondary N) is 1. The molecule has 5 nitrogen and oxygen atoms in total. The van der Waals surface area contributed by atoms with E-state index in [1.54, 1.807) is 41.3 Å². The van der Waals surface area contributed by atoms with Crippen LogP contribution in [0.1, 0.15) is 18.3 Å². The molecule has 1 amide bonds. The minimum Gasteiger partial charge on any atom is -0.326 e. The van der Waals surface area contributed by atoms with Crippen LogP contribution in [0.15, 0.2) is 54.9 Å². The van der Waals surface area contributed by atoms with Crippen molar-refractivity contribution in [3.05, 3.63) is 72.1 Å². The fourth-order valence-corrected chi connectivity index (χ4v) is 2.31. The number of nitrogens with zero attached hydrogens (tertiary/aromatic N) is 3. The monoisotopic (exact) mass is 324 g/mol. The van der Waals surface area contributed by atoms with Gasteiger partial charge in [-0.05, 0) is 48.9 Å². The van der Waals surface area contributed by atoms with E-state index in [9.17, 15) is 9.18 Å². The minimum absolute atomic E-state index is 0.146. The van der Waals surface area contributed by atoms with Crippen molar-refractivity contribution in [2.75, 3.05) is 5.32 Å². The van der Waals surface area contributed by atoms with Gasteiger partial charge in [-0.25, -0.2) is 9.07 Å². The summed E-state index contributed by atoms with van der Waals surface area (Å²) in [6.07, 6.45) is 4.40. The quantitative estimate of drug-likeness (QED) is 0.784. The maximum absolute atomic E-state index is 13.0. The van der Waals surface area contributed by atoms with Crippen LogP contribution in [0.4, 0.5) is 10.1 Å². The maximum Gasteiger partial charge on any atom is 0.230 e. The van der Waals surface area contributed by atoms with Crippen LogP contribution in [-0.4, -0.2) is 20.7 Å². The first-order chi connectivity index (χ1) is 11.6. The minimum atomic E-state index is -0.297. The molecule has 0 aliphatic carbocycles. The van der Waals surface area contributed by atoms with Gasteiger partial charge >= 0.3 is 0 Å². The summed E-state index contributed by atoms with van der Waals surface area (Å²) >= 11 is 0. The molecule has 6 heteroatoms. The number of carbonyl (C=O) groups excluding carboxylic acids is 1. The molecule has 0 spiro atoms. The van der Waals surface area contributed by atoms with E-state index in [0.717, 1.165) is 23.5 Å². The van der Waals surface area contributed by atoms with Crippen LogP contribution in [0.2, 0.25) is 0 Å². The van der Waals surface area contributed by atoms with E-state index in [1.165, 1.54) is 12.1 Å². The molecule has 0 saturated heterocycles. The number of aromatic nitrogens is 3. The van der Waals surface area contributed by atoms with Crippen molar-refractivity contribution >= 4 is 11.6 Å². The van der Waals surface area contributed by atoms with Crippen molar-refractivity contribution in [2.24, 2.45) is 0 Å². The molecule has 2 heterocycles. The molecule has 0 bridgehead atoms. The highest BCUT2D eigenvalue weighted by atomic mass is 19.1. The van der Waals surface area contributed by atoms with Crippen LogP contribution in [0.5, 0.6) is 0 Å². The summed E-state index contributed by atoms with van der Waals surface area (Å²) in [6.45, 7) is 2.01. The van der Waals surface area contributed by atoms with E-state index >= 15 is 0 Å². The molecule has 24 heavy (non-hydrogen) atoms. The number of aryl methyl sites for hydroxylation is 1. The van der Waals surface area contributed by atoms with E-state index in [-0.39, 0.29) is 18.1 Å². The molecule has 0 atom stereocenters. The third-order valence-electron chi connectivity index (χ3n) is 3.54. The van der Waals surface area contributed by atoms with Crippen LogP contribution >= 0.6 is 0 Å². The first-order valence-electron chi connectivity index (χ1n) is 7.69. The second-order valence-corrected chi connectivity index (χ2v) is 5.34. The second kappa shape index (κ2) is 7.04. The summed E-state index contributed by atoms with van der Waals surface area (Å²) in [5.74, 6) is -0.443. The molecular weight excluding hydrogens is 307 g/mol. The summed E-state index contributed by atoms with van der Waals surface area (Å²) in [5.41, 5.74) is 3.03. The molecule has 0 unspecified atom stereocenters. The van der Waals surface area contributed by atoms with Gasteiger partial charge in [-0.1, -0.05) is 6.92 Å². The third kappa shape index (κ3) is 3.84. The third-order valence-corrected chi connectivity index (χ3v) is 3.54. The van der Waals surface area contributed by atoms with Gasteiger partial charge in [-0.15, -0.1) is 0 Å². The Kier molecular flexibility index (Phi) is 4.65. The zero-order valence-electron chi connectivity index (χ0n) is 13.2. The summed E-state index contributed by atoms with van der Waals surface area (Å²) in [6, 6.07) is 11.4. The summed E-state index contributed by atoms with van der Waals surface area (Å²) in [5, 5.41) is 7.19.